The zero-order valence-corrected chi connectivity index (χ0v) is 13.0. The van der Waals surface area contributed by atoms with Gasteiger partial charge in [-0.25, -0.2) is 0 Å². The lowest BCUT2D eigenvalue weighted by atomic mass is 10.2. The molecule has 5 nitrogen and oxygen atoms in total. The van der Waals surface area contributed by atoms with E-state index in [9.17, 15) is 9.59 Å². The summed E-state index contributed by atoms with van der Waals surface area (Å²) in [5, 5.41) is 3.44. The van der Waals surface area contributed by atoms with Crippen LogP contribution in [0.4, 0.5) is 5.69 Å². The van der Waals surface area contributed by atoms with Crippen molar-refractivity contribution in [1.82, 2.24) is 9.80 Å². The third kappa shape index (κ3) is 5.19. The Labute approximate surface area is 124 Å². The highest BCUT2D eigenvalue weighted by Crippen LogP contribution is 2.19. The molecule has 0 aliphatic heterocycles. The molecule has 0 heterocycles. The number of likely N-dealkylation sites (N-methyl/N-ethyl adjacent to an activating group) is 2. The quantitative estimate of drug-likeness (QED) is 0.898. The van der Waals surface area contributed by atoms with Gasteiger partial charge in [0.05, 0.1) is 13.1 Å². The molecule has 0 unspecified atom stereocenters. The Hall–Kier alpha value is -1.59. The van der Waals surface area contributed by atoms with Crippen LogP contribution in [0.15, 0.2) is 18.2 Å². The molecule has 0 aliphatic carbocycles. The van der Waals surface area contributed by atoms with Crippen LogP contribution in [0.3, 0.4) is 0 Å². The lowest BCUT2D eigenvalue weighted by molar-refractivity contribution is -0.130. The first-order valence-electron chi connectivity index (χ1n) is 6.24. The zero-order chi connectivity index (χ0) is 15.3. The molecule has 0 aromatic heterocycles. The molecule has 0 atom stereocenters. The highest BCUT2D eigenvalue weighted by atomic mass is 35.5. The lowest BCUT2D eigenvalue weighted by Crippen LogP contribution is -2.38. The van der Waals surface area contributed by atoms with Crippen LogP contribution in [0.1, 0.15) is 5.56 Å². The van der Waals surface area contributed by atoms with Crippen LogP contribution in [0, 0.1) is 6.92 Å². The van der Waals surface area contributed by atoms with Crippen molar-refractivity contribution in [1.29, 1.82) is 0 Å². The Bertz CT molecular complexity index is 503. The first kappa shape index (κ1) is 16.5. The minimum atomic E-state index is -0.163. The molecular weight excluding hydrogens is 278 g/mol. The number of amides is 2. The monoisotopic (exact) mass is 297 g/mol. The van der Waals surface area contributed by atoms with Gasteiger partial charge in [-0.1, -0.05) is 11.6 Å². The first-order valence-corrected chi connectivity index (χ1v) is 6.62. The van der Waals surface area contributed by atoms with Crippen LogP contribution in [-0.4, -0.2) is 55.8 Å². The molecule has 2 amide bonds. The van der Waals surface area contributed by atoms with Gasteiger partial charge >= 0.3 is 0 Å². The van der Waals surface area contributed by atoms with Crippen LogP contribution < -0.4 is 5.32 Å². The Kier molecular flexibility index (Phi) is 5.98. The largest absolute Gasteiger partial charge is 0.348 e. The number of anilines is 1. The highest BCUT2D eigenvalue weighted by molar-refractivity contribution is 6.30. The van der Waals surface area contributed by atoms with Gasteiger partial charge in [-0.3, -0.25) is 14.5 Å². The summed E-state index contributed by atoms with van der Waals surface area (Å²) in [6.45, 7) is 2.24. The van der Waals surface area contributed by atoms with E-state index in [4.69, 9.17) is 11.6 Å². The van der Waals surface area contributed by atoms with Crippen molar-refractivity contribution in [3.63, 3.8) is 0 Å². The summed E-state index contributed by atoms with van der Waals surface area (Å²) in [4.78, 5) is 26.6. The van der Waals surface area contributed by atoms with E-state index in [0.717, 1.165) is 11.3 Å². The topological polar surface area (TPSA) is 52.7 Å². The number of nitrogens with zero attached hydrogens (tertiary/aromatic N) is 2. The minimum Gasteiger partial charge on any atom is -0.348 e. The minimum absolute atomic E-state index is 0.0389. The van der Waals surface area contributed by atoms with Crippen molar-refractivity contribution in [3.8, 4) is 0 Å². The van der Waals surface area contributed by atoms with Gasteiger partial charge in [0.15, 0.2) is 0 Å². The second-order valence-electron chi connectivity index (χ2n) is 4.97. The SMILES string of the molecule is Cc1cc(Cl)ccc1NC(=O)CN(C)CC(=O)N(C)C. The summed E-state index contributed by atoms with van der Waals surface area (Å²) >= 11 is 5.86. The molecule has 1 aromatic carbocycles. The van der Waals surface area contributed by atoms with Crippen LogP contribution in [0.5, 0.6) is 0 Å². The third-order valence-corrected chi connectivity index (χ3v) is 3.02. The summed E-state index contributed by atoms with van der Waals surface area (Å²) in [7, 11) is 5.11. The Morgan fingerprint density at radius 1 is 1.20 bits per heavy atom. The van der Waals surface area contributed by atoms with Gasteiger partial charge in [-0.2, -0.15) is 0 Å². The smallest absolute Gasteiger partial charge is 0.238 e. The van der Waals surface area contributed by atoms with E-state index in [1.165, 1.54) is 4.90 Å². The number of nitrogens with one attached hydrogen (secondary N) is 1. The molecule has 1 rings (SSSR count). The fraction of sp³-hybridized carbons (Fsp3) is 0.429. The summed E-state index contributed by atoms with van der Waals surface area (Å²) in [6.07, 6.45) is 0. The van der Waals surface area contributed by atoms with Gasteiger partial charge in [0.25, 0.3) is 0 Å². The third-order valence-electron chi connectivity index (χ3n) is 2.78. The van der Waals surface area contributed by atoms with E-state index < -0.39 is 0 Å². The van der Waals surface area contributed by atoms with E-state index in [1.54, 1.807) is 44.2 Å². The van der Waals surface area contributed by atoms with Gasteiger partial charge in [-0.05, 0) is 37.7 Å². The Balaban J connectivity index is 2.53. The molecule has 1 N–H and O–H groups in total. The predicted octanol–water partition coefficient (Wildman–Crippen LogP) is 1.61. The maximum Gasteiger partial charge on any atom is 0.238 e. The van der Waals surface area contributed by atoms with Crippen LogP contribution >= 0.6 is 11.6 Å². The molecule has 110 valence electrons. The van der Waals surface area contributed by atoms with Crippen molar-refractivity contribution in [3.05, 3.63) is 28.8 Å². The fourth-order valence-corrected chi connectivity index (χ4v) is 1.86. The van der Waals surface area contributed by atoms with E-state index in [1.807, 2.05) is 6.92 Å². The summed E-state index contributed by atoms with van der Waals surface area (Å²) in [5.74, 6) is -0.201. The molecule has 0 radical (unpaired) electrons. The number of carbonyl (C=O) groups excluding carboxylic acids is 2. The van der Waals surface area contributed by atoms with Gasteiger partial charge in [0.2, 0.25) is 11.8 Å². The summed E-state index contributed by atoms with van der Waals surface area (Å²) in [5.41, 5.74) is 1.63. The fourth-order valence-electron chi connectivity index (χ4n) is 1.63. The second-order valence-corrected chi connectivity index (χ2v) is 5.40. The maximum absolute atomic E-state index is 11.9. The predicted molar refractivity (Wildman–Crippen MR) is 81.0 cm³/mol. The molecule has 6 heteroatoms. The molecule has 0 bridgehead atoms. The van der Waals surface area contributed by atoms with E-state index in [2.05, 4.69) is 5.32 Å². The van der Waals surface area contributed by atoms with E-state index >= 15 is 0 Å². The molecule has 0 saturated carbocycles. The number of hydrogen-bond donors (Lipinski definition) is 1. The zero-order valence-electron chi connectivity index (χ0n) is 12.2. The molecular formula is C14H20ClN3O2. The molecule has 1 aromatic rings. The van der Waals surface area contributed by atoms with E-state index in [0.29, 0.717) is 5.02 Å². The Morgan fingerprint density at radius 3 is 2.40 bits per heavy atom. The van der Waals surface area contributed by atoms with Crippen molar-refractivity contribution >= 4 is 29.1 Å². The van der Waals surface area contributed by atoms with Gasteiger partial charge < -0.3 is 10.2 Å². The molecule has 20 heavy (non-hydrogen) atoms. The average molecular weight is 298 g/mol. The first-order chi connectivity index (χ1) is 9.29. The van der Waals surface area contributed by atoms with Crippen molar-refractivity contribution < 1.29 is 9.59 Å². The number of rotatable bonds is 5. The summed E-state index contributed by atoms with van der Waals surface area (Å²) < 4.78 is 0. The molecule has 0 fully saturated rings. The number of benzene rings is 1. The molecule has 0 aliphatic rings. The van der Waals surface area contributed by atoms with Crippen LogP contribution in [-0.2, 0) is 9.59 Å². The van der Waals surface area contributed by atoms with Gasteiger partial charge in [0.1, 0.15) is 0 Å². The van der Waals surface area contributed by atoms with Crippen LogP contribution in [0.2, 0.25) is 5.02 Å². The second kappa shape index (κ2) is 7.26. The maximum atomic E-state index is 11.9. The van der Waals surface area contributed by atoms with Crippen LogP contribution in [0.25, 0.3) is 0 Å². The van der Waals surface area contributed by atoms with Crippen molar-refractivity contribution in [2.24, 2.45) is 0 Å². The van der Waals surface area contributed by atoms with E-state index in [-0.39, 0.29) is 24.9 Å². The standard InChI is InChI=1S/C14H20ClN3O2/c1-10-7-11(15)5-6-12(10)16-13(19)8-18(4)9-14(20)17(2)3/h5-7H,8-9H2,1-4H3,(H,16,19). The molecule has 0 saturated heterocycles. The normalized spacial score (nSPS) is 10.5. The number of halogens is 1. The van der Waals surface area contributed by atoms with Crippen molar-refractivity contribution in [2.45, 2.75) is 6.92 Å². The number of hydrogen-bond acceptors (Lipinski definition) is 3. The van der Waals surface area contributed by atoms with Gasteiger partial charge in [0, 0.05) is 24.8 Å². The number of carbonyl (C=O) groups is 2. The number of aryl methyl sites for hydroxylation is 1. The molecule has 0 spiro atoms. The Morgan fingerprint density at radius 2 is 1.85 bits per heavy atom. The summed E-state index contributed by atoms with van der Waals surface area (Å²) in [6, 6.07) is 5.28. The van der Waals surface area contributed by atoms with Crippen molar-refractivity contribution in [2.75, 3.05) is 39.5 Å². The lowest BCUT2D eigenvalue weighted by Gasteiger charge is -2.18. The average Bonchev–Trinajstić information content (AvgIpc) is 2.32. The van der Waals surface area contributed by atoms with Gasteiger partial charge in [-0.15, -0.1) is 0 Å². The highest BCUT2D eigenvalue weighted by Gasteiger charge is 2.12.